The summed E-state index contributed by atoms with van der Waals surface area (Å²) in [6.45, 7) is 12.5. The molecule has 1 rings (SSSR count). The average Bonchev–Trinajstić information content (AvgIpc) is 2.27. The van der Waals surface area contributed by atoms with Crippen molar-refractivity contribution in [3.05, 3.63) is 12.2 Å². The number of hydrogen-bond donors (Lipinski definition) is 1. The van der Waals surface area contributed by atoms with Crippen molar-refractivity contribution in [1.82, 2.24) is 10.2 Å². The van der Waals surface area contributed by atoms with E-state index in [1.807, 2.05) is 0 Å². The highest BCUT2D eigenvalue weighted by atomic mass is 15.2. The van der Waals surface area contributed by atoms with Crippen LogP contribution in [0.5, 0.6) is 0 Å². The van der Waals surface area contributed by atoms with E-state index in [2.05, 4.69) is 50.1 Å². The second-order valence-electron chi connectivity index (χ2n) is 5.22. The van der Waals surface area contributed by atoms with Crippen LogP contribution in [0.15, 0.2) is 12.2 Å². The zero-order valence-corrected chi connectivity index (χ0v) is 11.4. The second-order valence-corrected chi connectivity index (χ2v) is 5.22. The van der Waals surface area contributed by atoms with Crippen LogP contribution >= 0.6 is 0 Å². The third-order valence-electron chi connectivity index (χ3n) is 3.57. The van der Waals surface area contributed by atoms with Gasteiger partial charge in [0.05, 0.1) is 0 Å². The third kappa shape index (κ3) is 3.91. The molecule has 0 aromatic carbocycles. The Morgan fingerprint density at radius 3 is 2.75 bits per heavy atom. The molecule has 94 valence electrons. The Hall–Kier alpha value is -0.340. The van der Waals surface area contributed by atoms with Gasteiger partial charge in [0.15, 0.2) is 0 Å². The van der Waals surface area contributed by atoms with Gasteiger partial charge in [-0.3, -0.25) is 4.90 Å². The fraction of sp³-hybridized carbons (Fsp3) is 0.857. The first-order valence-corrected chi connectivity index (χ1v) is 6.77. The van der Waals surface area contributed by atoms with E-state index in [9.17, 15) is 0 Å². The van der Waals surface area contributed by atoms with E-state index in [-0.39, 0.29) is 0 Å². The molecule has 0 saturated carbocycles. The number of piperazine rings is 1. The van der Waals surface area contributed by atoms with Gasteiger partial charge in [0, 0.05) is 31.7 Å². The molecule has 1 aliphatic heterocycles. The van der Waals surface area contributed by atoms with Crippen molar-refractivity contribution in [1.29, 1.82) is 0 Å². The number of nitrogens with zero attached hydrogens (tertiary/aromatic N) is 1. The summed E-state index contributed by atoms with van der Waals surface area (Å²) in [5.41, 5.74) is 0. The Labute approximate surface area is 101 Å². The third-order valence-corrected chi connectivity index (χ3v) is 3.57. The molecule has 2 nitrogen and oxygen atoms in total. The summed E-state index contributed by atoms with van der Waals surface area (Å²) in [5, 5.41) is 3.69. The van der Waals surface area contributed by atoms with Crippen LogP contribution < -0.4 is 5.32 Å². The van der Waals surface area contributed by atoms with E-state index < -0.39 is 0 Å². The van der Waals surface area contributed by atoms with Crippen LogP contribution in [0.3, 0.4) is 0 Å². The minimum absolute atomic E-state index is 0.665. The van der Waals surface area contributed by atoms with E-state index in [0.29, 0.717) is 6.04 Å². The molecule has 0 aromatic heterocycles. The fourth-order valence-electron chi connectivity index (χ4n) is 2.41. The molecule has 1 aliphatic rings. The van der Waals surface area contributed by atoms with Crippen LogP contribution in [0.2, 0.25) is 0 Å². The molecule has 1 heterocycles. The minimum Gasteiger partial charge on any atom is -0.311 e. The van der Waals surface area contributed by atoms with Gasteiger partial charge in [0.1, 0.15) is 0 Å². The van der Waals surface area contributed by atoms with Gasteiger partial charge in [-0.05, 0) is 19.3 Å². The van der Waals surface area contributed by atoms with E-state index in [0.717, 1.165) is 25.0 Å². The molecule has 0 aromatic rings. The normalized spacial score (nSPS) is 28.1. The quantitative estimate of drug-likeness (QED) is 0.722. The molecule has 0 amide bonds. The summed E-state index contributed by atoms with van der Waals surface area (Å²) in [6.07, 6.45) is 7.04. The van der Waals surface area contributed by atoms with Crippen molar-refractivity contribution < 1.29 is 0 Å². The van der Waals surface area contributed by atoms with E-state index >= 15 is 0 Å². The number of rotatable bonds is 5. The SMILES string of the molecule is C/C=C/CN1CC(C(C)C)NCC1CCC. The van der Waals surface area contributed by atoms with Gasteiger partial charge in [-0.15, -0.1) is 0 Å². The molecule has 2 heteroatoms. The lowest BCUT2D eigenvalue weighted by molar-refractivity contribution is 0.120. The lowest BCUT2D eigenvalue weighted by Crippen LogP contribution is -2.57. The maximum atomic E-state index is 3.69. The number of allylic oxidation sites excluding steroid dienone is 1. The van der Waals surface area contributed by atoms with Gasteiger partial charge in [-0.2, -0.15) is 0 Å². The molecule has 1 fully saturated rings. The first-order valence-electron chi connectivity index (χ1n) is 6.77. The van der Waals surface area contributed by atoms with Crippen LogP contribution in [-0.4, -0.2) is 36.6 Å². The van der Waals surface area contributed by atoms with Crippen LogP contribution in [0, 0.1) is 5.92 Å². The maximum Gasteiger partial charge on any atom is 0.0224 e. The van der Waals surface area contributed by atoms with Gasteiger partial charge in [0.2, 0.25) is 0 Å². The predicted octanol–water partition coefficient (Wildman–Crippen LogP) is 2.66. The van der Waals surface area contributed by atoms with Gasteiger partial charge in [-0.25, -0.2) is 0 Å². The van der Waals surface area contributed by atoms with Crippen LogP contribution in [0.25, 0.3) is 0 Å². The van der Waals surface area contributed by atoms with E-state index in [4.69, 9.17) is 0 Å². The Bertz CT molecular complexity index is 211. The summed E-state index contributed by atoms with van der Waals surface area (Å²) < 4.78 is 0. The zero-order valence-electron chi connectivity index (χ0n) is 11.4. The molecule has 2 atom stereocenters. The molecular weight excluding hydrogens is 196 g/mol. The maximum absolute atomic E-state index is 3.69. The van der Waals surface area contributed by atoms with Crippen LogP contribution in [0.4, 0.5) is 0 Å². The summed E-state index contributed by atoms with van der Waals surface area (Å²) in [7, 11) is 0. The number of hydrogen-bond acceptors (Lipinski definition) is 2. The van der Waals surface area contributed by atoms with Crippen LogP contribution in [-0.2, 0) is 0 Å². The molecule has 16 heavy (non-hydrogen) atoms. The summed E-state index contributed by atoms with van der Waals surface area (Å²) in [5.74, 6) is 0.732. The van der Waals surface area contributed by atoms with Gasteiger partial charge in [0.25, 0.3) is 0 Å². The molecule has 0 radical (unpaired) electrons. The first kappa shape index (κ1) is 13.7. The second kappa shape index (κ2) is 7.08. The molecule has 1 saturated heterocycles. The lowest BCUT2D eigenvalue weighted by atomic mass is 9.97. The fourth-order valence-corrected chi connectivity index (χ4v) is 2.41. The Morgan fingerprint density at radius 1 is 1.44 bits per heavy atom. The molecule has 0 bridgehead atoms. The van der Waals surface area contributed by atoms with E-state index in [1.54, 1.807) is 0 Å². The summed E-state index contributed by atoms with van der Waals surface area (Å²) in [6, 6.07) is 1.40. The Morgan fingerprint density at radius 2 is 2.19 bits per heavy atom. The van der Waals surface area contributed by atoms with Gasteiger partial charge < -0.3 is 5.32 Å². The van der Waals surface area contributed by atoms with Crippen molar-refractivity contribution >= 4 is 0 Å². The largest absolute Gasteiger partial charge is 0.311 e. The van der Waals surface area contributed by atoms with Crippen molar-refractivity contribution in [3.63, 3.8) is 0 Å². The smallest absolute Gasteiger partial charge is 0.0224 e. The summed E-state index contributed by atoms with van der Waals surface area (Å²) >= 11 is 0. The van der Waals surface area contributed by atoms with Gasteiger partial charge in [-0.1, -0.05) is 39.3 Å². The molecule has 0 aliphatic carbocycles. The average molecular weight is 224 g/mol. The van der Waals surface area contributed by atoms with Crippen molar-refractivity contribution in [2.75, 3.05) is 19.6 Å². The lowest BCUT2D eigenvalue weighted by Gasteiger charge is -2.41. The highest BCUT2D eigenvalue weighted by Crippen LogP contribution is 2.16. The van der Waals surface area contributed by atoms with Crippen LogP contribution in [0.1, 0.15) is 40.5 Å². The first-order chi connectivity index (χ1) is 7.69. The highest BCUT2D eigenvalue weighted by molar-refractivity contribution is 4.91. The van der Waals surface area contributed by atoms with E-state index in [1.165, 1.54) is 19.4 Å². The van der Waals surface area contributed by atoms with Crippen molar-refractivity contribution in [2.45, 2.75) is 52.6 Å². The molecule has 1 N–H and O–H groups in total. The topological polar surface area (TPSA) is 15.3 Å². The zero-order chi connectivity index (χ0) is 12.0. The predicted molar refractivity (Wildman–Crippen MR) is 71.7 cm³/mol. The van der Waals surface area contributed by atoms with Gasteiger partial charge >= 0.3 is 0 Å². The molecule has 0 spiro atoms. The number of nitrogens with one attached hydrogen (secondary N) is 1. The highest BCUT2D eigenvalue weighted by Gasteiger charge is 2.27. The van der Waals surface area contributed by atoms with Crippen molar-refractivity contribution in [3.8, 4) is 0 Å². The van der Waals surface area contributed by atoms with Crippen molar-refractivity contribution in [2.24, 2.45) is 5.92 Å². The summed E-state index contributed by atoms with van der Waals surface area (Å²) in [4.78, 5) is 2.64. The monoisotopic (exact) mass is 224 g/mol. The minimum atomic E-state index is 0.665. The Balaban J connectivity index is 2.54. The Kier molecular flexibility index (Phi) is 6.07. The molecular formula is C14H28N2. The standard InChI is InChI=1S/C14H28N2/c1-5-7-9-16-11-14(12(3)4)15-10-13(16)8-6-2/h5,7,12-15H,6,8-11H2,1-4H3/b7-5+. The molecule has 2 unspecified atom stereocenters.